The predicted octanol–water partition coefficient (Wildman–Crippen LogP) is 4.15. The van der Waals surface area contributed by atoms with Crippen molar-refractivity contribution in [2.75, 3.05) is 92.8 Å². The highest BCUT2D eigenvalue weighted by atomic mass is 16.6. The number of likely N-dealkylation sites (N-methyl/N-ethyl adjacent to an activating group) is 1. The normalized spacial score (nSPS) is 16.7. The number of ether oxygens (including phenoxy) is 7. The van der Waals surface area contributed by atoms with E-state index in [1.165, 1.54) is 5.56 Å². The van der Waals surface area contributed by atoms with E-state index in [0.29, 0.717) is 85.0 Å². The third kappa shape index (κ3) is 17.3. The van der Waals surface area contributed by atoms with Gasteiger partial charge in [-0.15, -0.1) is 0 Å². The van der Waals surface area contributed by atoms with E-state index in [-0.39, 0.29) is 44.0 Å². The Balaban J connectivity index is 1.17. The lowest BCUT2D eigenvalue weighted by molar-refractivity contribution is -0.149. The minimum atomic E-state index is -1.00. The standard InChI is InChI=1S/C51H73N5O11/c1-37(55(5)35-46(57)67-36-38-12-7-6-8-13-38)48(58)54-47(51(2,3)4)50(60)56-34-41-32-42(66-31-30-65-29-28-64-27-26-63-25-24-62-23-22-61-21-20-52)19-18-40(41)33-45(56)49(59)53-44-17-11-15-39-14-9-10-16-43(39)44/h6-10,12-14,16,18-19,32,37,44-45,47H,11,15,17,20-31,33-36,52H2,1-5H3,(H,53,59)(H,54,58)/t37-,44+,45-,47+/m0/s1. The first kappa shape index (κ1) is 53.0. The molecular weight excluding hydrogens is 859 g/mol. The molecule has 0 radical (unpaired) electrons. The second kappa shape index (κ2) is 27.8. The third-order valence-electron chi connectivity index (χ3n) is 11.9. The summed E-state index contributed by atoms with van der Waals surface area (Å²) in [6.45, 7) is 12.8. The SMILES string of the molecule is C[C@@H](C(=O)N[C@H](C(=O)N1Cc2cc(OCCOCCOCCOCCOCCOCCN)ccc2C[C@H]1C(=O)N[C@@H]1CCCc2ccccc21)C(C)(C)C)N(C)CC(=O)OCc1ccccc1. The van der Waals surface area contributed by atoms with Gasteiger partial charge in [-0.25, -0.2) is 0 Å². The van der Waals surface area contributed by atoms with Gasteiger partial charge in [-0.05, 0) is 78.6 Å². The van der Waals surface area contributed by atoms with Crippen molar-refractivity contribution in [3.05, 3.63) is 101 Å². The number of hydrogen-bond donors (Lipinski definition) is 3. The molecule has 1 aliphatic carbocycles. The van der Waals surface area contributed by atoms with Crippen LogP contribution in [0.3, 0.4) is 0 Å². The molecule has 2 aliphatic rings. The molecule has 0 unspecified atom stereocenters. The largest absolute Gasteiger partial charge is 0.491 e. The summed E-state index contributed by atoms with van der Waals surface area (Å²) >= 11 is 0. The molecular formula is C51H73N5O11. The summed E-state index contributed by atoms with van der Waals surface area (Å²) in [5.41, 5.74) is 9.59. The van der Waals surface area contributed by atoms with E-state index in [9.17, 15) is 19.2 Å². The average molecular weight is 932 g/mol. The van der Waals surface area contributed by atoms with Crippen LogP contribution >= 0.6 is 0 Å². The number of aryl methyl sites for hydroxylation is 1. The van der Waals surface area contributed by atoms with Gasteiger partial charge in [-0.3, -0.25) is 24.1 Å². The van der Waals surface area contributed by atoms with Crippen LogP contribution in [0.15, 0.2) is 72.8 Å². The van der Waals surface area contributed by atoms with Gasteiger partial charge in [0, 0.05) is 19.5 Å². The van der Waals surface area contributed by atoms with Crippen LogP contribution in [-0.4, -0.2) is 144 Å². The molecule has 3 amide bonds. The molecule has 0 saturated carbocycles. The van der Waals surface area contributed by atoms with Crippen molar-refractivity contribution in [3.8, 4) is 5.75 Å². The molecule has 67 heavy (non-hydrogen) atoms. The molecule has 4 N–H and O–H groups in total. The van der Waals surface area contributed by atoms with Crippen LogP contribution in [0.5, 0.6) is 5.75 Å². The summed E-state index contributed by atoms with van der Waals surface area (Å²) in [7, 11) is 1.66. The van der Waals surface area contributed by atoms with Gasteiger partial charge in [0.2, 0.25) is 17.7 Å². The lowest BCUT2D eigenvalue weighted by Crippen LogP contribution is -2.62. The monoisotopic (exact) mass is 932 g/mol. The number of benzene rings is 3. The van der Waals surface area contributed by atoms with Gasteiger partial charge in [0.05, 0.1) is 84.7 Å². The van der Waals surface area contributed by atoms with Gasteiger partial charge in [0.15, 0.2) is 0 Å². The highest BCUT2D eigenvalue weighted by Gasteiger charge is 2.43. The Labute approximate surface area is 396 Å². The van der Waals surface area contributed by atoms with Crippen molar-refractivity contribution in [1.29, 1.82) is 0 Å². The molecule has 0 bridgehead atoms. The first-order valence-corrected chi connectivity index (χ1v) is 23.6. The second-order valence-corrected chi connectivity index (χ2v) is 18.0. The highest BCUT2D eigenvalue weighted by molar-refractivity contribution is 5.94. The van der Waals surface area contributed by atoms with Crippen molar-refractivity contribution < 1.29 is 52.3 Å². The number of hydrogen-bond acceptors (Lipinski definition) is 13. The van der Waals surface area contributed by atoms with Crippen molar-refractivity contribution >= 4 is 23.7 Å². The van der Waals surface area contributed by atoms with Crippen LogP contribution in [0.2, 0.25) is 0 Å². The molecule has 0 fully saturated rings. The molecule has 1 aliphatic heterocycles. The third-order valence-corrected chi connectivity index (χ3v) is 11.9. The molecule has 4 atom stereocenters. The van der Waals surface area contributed by atoms with E-state index in [1.807, 2.05) is 81.4 Å². The van der Waals surface area contributed by atoms with Crippen LogP contribution in [0.25, 0.3) is 0 Å². The lowest BCUT2D eigenvalue weighted by Gasteiger charge is -2.42. The van der Waals surface area contributed by atoms with Gasteiger partial charge in [-0.2, -0.15) is 0 Å². The quantitative estimate of drug-likeness (QED) is 0.0697. The highest BCUT2D eigenvalue weighted by Crippen LogP contribution is 2.33. The summed E-state index contributed by atoms with van der Waals surface area (Å²) in [6, 6.07) is 20.5. The fourth-order valence-corrected chi connectivity index (χ4v) is 7.97. The molecule has 1 heterocycles. The van der Waals surface area contributed by atoms with Crippen LogP contribution in [0.1, 0.15) is 74.4 Å². The Morgan fingerprint density at radius 3 is 2.03 bits per heavy atom. The van der Waals surface area contributed by atoms with Crippen molar-refractivity contribution in [2.24, 2.45) is 11.1 Å². The Bertz CT molecular complexity index is 2000. The number of esters is 1. The molecule has 3 aromatic rings. The van der Waals surface area contributed by atoms with Gasteiger partial charge in [-0.1, -0.05) is 81.4 Å². The average Bonchev–Trinajstić information content (AvgIpc) is 3.32. The van der Waals surface area contributed by atoms with Gasteiger partial charge in [0.1, 0.15) is 31.0 Å². The minimum absolute atomic E-state index is 0.122. The topological polar surface area (TPSA) is 189 Å². The predicted molar refractivity (Wildman–Crippen MR) is 253 cm³/mol. The van der Waals surface area contributed by atoms with Crippen molar-refractivity contribution in [2.45, 2.75) is 90.7 Å². The molecule has 368 valence electrons. The Kier molecular flexibility index (Phi) is 22.0. The molecule has 16 heteroatoms. The summed E-state index contributed by atoms with van der Waals surface area (Å²) in [6.07, 6.45) is 2.97. The second-order valence-electron chi connectivity index (χ2n) is 18.0. The molecule has 3 aromatic carbocycles. The molecule has 0 aromatic heterocycles. The fourth-order valence-electron chi connectivity index (χ4n) is 7.97. The molecule has 5 rings (SSSR count). The number of nitrogens with zero attached hydrogens (tertiary/aromatic N) is 2. The van der Waals surface area contributed by atoms with E-state index in [4.69, 9.17) is 38.9 Å². The first-order chi connectivity index (χ1) is 32.3. The summed E-state index contributed by atoms with van der Waals surface area (Å²) in [5.74, 6) is -0.927. The Hall–Kier alpha value is -4.94. The fraction of sp³-hybridized carbons (Fsp3) is 0.569. The maximum absolute atomic E-state index is 15.0. The molecule has 0 spiro atoms. The molecule has 0 saturated heterocycles. The summed E-state index contributed by atoms with van der Waals surface area (Å²) in [4.78, 5) is 59.3. The summed E-state index contributed by atoms with van der Waals surface area (Å²) < 4.78 is 39.0. The van der Waals surface area contributed by atoms with E-state index in [1.54, 1.807) is 23.8 Å². The number of carbonyl (C=O) groups excluding carboxylic acids is 4. The van der Waals surface area contributed by atoms with Crippen molar-refractivity contribution in [3.63, 3.8) is 0 Å². The van der Waals surface area contributed by atoms with Gasteiger partial charge < -0.3 is 54.4 Å². The van der Waals surface area contributed by atoms with Crippen molar-refractivity contribution in [1.82, 2.24) is 20.4 Å². The number of fused-ring (bicyclic) bond motifs is 2. The van der Waals surface area contributed by atoms with E-state index >= 15 is 0 Å². The Morgan fingerprint density at radius 2 is 1.39 bits per heavy atom. The Morgan fingerprint density at radius 1 is 0.776 bits per heavy atom. The zero-order chi connectivity index (χ0) is 48.0. The zero-order valence-electron chi connectivity index (χ0n) is 40.1. The van der Waals surface area contributed by atoms with E-state index < -0.39 is 35.4 Å². The first-order valence-electron chi connectivity index (χ1n) is 23.6. The number of carbonyl (C=O) groups is 4. The minimum Gasteiger partial charge on any atom is -0.491 e. The number of rotatable bonds is 28. The number of nitrogens with two attached hydrogens (primary N) is 1. The van der Waals surface area contributed by atoms with Gasteiger partial charge >= 0.3 is 5.97 Å². The van der Waals surface area contributed by atoms with E-state index in [2.05, 4.69) is 22.8 Å². The molecule has 16 nitrogen and oxygen atoms in total. The van der Waals surface area contributed by atoms with Crippen LogP contribution in [0, 0.1) is 5.41 Å². The van der Waals surface area contributed by atoms with Crippen LogP contribution in [0.4, 0.5) is 0 Å². The van der Waals surface area contributed by atoms with Gasteiger partial charge in [0.25, 0.3) is 0 Å². The van der Waals surface area contributed by atoms with E-state index in [0.717, 1.165) is 41.5 Å². The lowest BCUT2D eigenvalue weighted by atomic mass is 9.83. The number of nitrogens with one attached hydrogen (secondary N) is 2. The smallest absolute Gasteiger partial charge is 0.320 e. The maximum atomic E-state index is 15.0. The number of amides is 3. The summed E-state index contributed by atoms with van der Waals surface area (Å²) in [5, 5.41) is 6.31. The van der Waals surface area contributed by atoms with Crippen LogP contribution < -0.4 is 21.1 Å². The van der Waals surface area contributed by atoms with Crippen LogP contribution in [-0.2, 0) is 73.6 Å². The maximum Gasteiger partial charge on any atom is 0.320 e. The zero-order valence-corrected chi connectivity index (χ0v) is 40.1.